The number of fused-ring (bicyclic) bond motifs is 1. The normalized spacial score (nSPS) is 26.2. The van der Waals surface area contributed by atoms with Crippen molar-refractivity contribution in [2.75, 3.05) is 25.5 Å². The van der Waals surface area contributed by atoms with Crippen LogP contribution < -0.4 is 10.1 Å². The molecule has 11 heteroatoms. The number of esters is 1. The number of rotatable bonds is 6. The smallest absolute Gasteiger partial charge is 0.314 e. The molecule has 1 aromatic rings. The molecule has 1 aromatic carbocycles. The van der Waals surface area contributed by atoms with Crippen LogP contribution in [-0.4, -0.2) is 63.4 Å². The minimum Gasteiger partial charge on any atom is -0.484 e. The Hall–Kier alpha value is -1.35. The van der Waals surface area contributed by atoms with Gasteiger partial charge in [0.05, 0.1) is 5.41 Å². The van der Waals surface area contributed by atoms with Gasteiger partial charge in [0.1, 0.15) is 23.8 Å². The summed E-state index contributed by atoms with van der Waals surface area (Å²) in [6.45, 7) is 1.32. The van der Waals surface area contributed by atoms with Gasteiger partial charge in [-0.05, 0) is 19.1 Å². The van der Waals surface area contributed by atoms with Crippen molar-refractivity contribution in [3.8, 4) is 5.75 Å². The highest BCUT2D eigenvalue weighted by molar-refractivity contribution is 8.00. The third-order valence-electron chi connectivity index (χ3n) is 4.52. The Balaban J connectivity index is 1.49. The van der Waals surface area contributed by atoms with Crippen LogP contribution in [0.15, 0.2) is 30.3 Å². The van der Waals surface area contributed by atoms with Crippen molar-refractivity contribution in [2.24, 2.45) is 5.41 Å². The summed E-state index contributed by atoms with van der Waals surface area (Å²) in [6, 6.07) is 8.28. The van der Waals surface area contributed by atoms with Crippen LogP contribution in [0.5, 0.6) is 5.75 Å². The van der Waals surface area contributed by atoms with E-state index in [-0.39, 0.29) is 36.9 Å². The molecule has 29 heavy (non-hydrogen) atoms. The summed E-state index contributed by atoms with van der Waals surface area (Å²) < 4.78 is 8.78. The van der Waals surface area contributed by atoms with E-state index in [9.17, 15) is 14.4 Å². The number of benzene rings is 1. The first-order valence-corrected chi connectivity index (χ1v) is 10.9. The summed E-state index contributed by atoms with van der Waals surface area (Å²) in [5, 5.41) is 2.45. The average molecular weight is 482 g/mol. The van der Waals surface area contributed by atoms with Crippen molar-refractivity contribution in [1.29, 1.82) is 0 Å². The van der Waals surface area contributed by atoms with Crippen molar-refractivity contribution < 1.29 is 23.9 Å². The summed E-state index contributed by atoms with van der Waals surface area (Å²) in [6.07, 6.45) is 0. The lowest BCUT2D eigenvalue weighted by molar-refractivity contribution is -0.161. The van der Waals surface area contributed by atoms with Gasteiger partial charge in [0.2, 0.25) is 9.70 Å². The lowest BCUT2D eigenvalue weighted by atomic mass is 9.89. The van der Waals surface area contributed by atoms with Crippen LogP contribution in [-0.2, 0) is 19.1 Å². The number of thioether (sulfide) groups is 1. The van der Waals surface area contributed by atoms with Crippen LogP contribution in [0.1, 0.15) is 6.92 Å². The lowest BCUT2D eigenvalue weighted by Crippen LogP contribution is -2.73. The third kappa shape index (κ3) is 5.42. The number of nitrogens with one attached hydrogen (secondary N) is 1. The van der Waals surface area contributed by atoms with Gasteiger partial charge in [-0.25, -0.2) is 0 Å². The predicted molar refractivity (Wildman–Crippen MR) is 111 cm³/mol. The minimum atomic E-state index is -1.69. The van der Waals surface area contributed by atoms with E-state index in [0.717, 1.165) is 0 Å². The Kier molecular flexibility index (Phi) is 6.77. The third-order valence-corrected chi connectivity index (χ3v) is 6.52. The number of amides is 2. The maximum absolute atomic E-state index is 12.5. The highest BCUT2D eigenvalue weighted by atomic mass is 35.6. The molecule has 2 amide bonds. The average Bonchev–Trinajstić information content (AvgIpc) is 2.69. The number of ether oxygens (including phenoxy) is 2. The second kappa shape index (κ2) is 8.79. The number of para-hydroxylation sites is 1. The highest BCUT2D eigenvalue weighted by Gasteiger charge is 2.56. The largest absolute Gasteiger partial charge is 0.484 e. The Morgan fingerprint density at radius 2 is 2.00 bits per heavy atom. The molecule has 0 aliphatic carbocycles. The maximum atomic E-state index is 12.5. The number of nitrogens with zero attached hydrogens (tertiary/aromatic N) is 1. The standard InChI is InChI=1S/C18H19Cl3N2O5S/c1-17(16(26)28-9-18(19,20)21)8-23-14(25)13(15(23)29-10-17)22-12(24)7-27-11-5-3-2-4-6-11/h2-6,13,15H,7-10H2,1H3,(H,22,24)/t13?,15-,17?/m1/s1. The van der Waals surface area contributed by atoms with E-state index in [1.807, 2.05) is 6.07 Å². The van der Waals surface area contributed by atoms with E-state index >= 15 is 0 Å². The number of carbonyl (C=O) groups is 3. The first kappa shape index (κ1) is 22.3. The molecule has 7 nitrogen and oxygen atoms in total. The van der Waals surface area contributed by atoms with E-state index in [4.69, 9.17) is 44.3 Å². The minimum absolute atomic E-state index is 0.176. The molecule has 0 aromatic heterocycles. The highest BCUT2D eigenvalue weighted by Crippen LogP contribution is 2.42. The zero-order chi connectivity index (χ0) is 21.2. The molecule has 0 bridgehead atoms. The maximum Gasteiger partial charge on any atom is 0.314 e. The Morgan fingerprint density at radius 3 is 2.66 bits per heavy atom. The predicted octanol–water partition coefficient (Wildman–Crippen LogP) is 2.39. The van der Waals surface area contributed by atoms with Crippen LogP contribution in [0.2, 0.25) is 0 Å². The fourth-order valence-corrected chi connectivity index (χ4v) is 4.67. The second-order valence-corrected chi connectivity index (χ2v) is 10.7. The molecule has 0 radical (unpaired) electrons. The first-order valence-electron chi connectivity index (χ1n) is 8.72. The molecule has 158 valence electrons. The summed E-state index contributed by atoms with van der Waals surface area (Å²) in [7, 11) is 0. The zero-order valence-corrected chi connectivity index (χ0v) is 18.5. The van der Waals surface area contributed by atoms with E-state index in [1.54, 1.807) is 36.1 Å². The van der Waals surface area contributed by atoms with Crippen molar-refractivity contribution >= 4 is 64.3 Å². The molecule has 2 saturated heterocycles. The summed E-state index contributed by atoms with van der Waals surface area (Å²) in [4.78, 5) is 38.5. The molecular formula is C18H19Cl3N2O5S. The topological polar surface area (TPSA) is 84.9 Å². The number of halogens is 3. The number of β-lactam (4-membered cyclic amide) rings is 1. The fraction of sp³-hybridized carbons (Fsp3) is 0.500. The number of hydrogen-bond acceptors (Lipinski definition) is 6. The van der Waals surface area contributed by atoms with Gasteiger partial charge in [-0.15, -0.1) is 11.8 Å². The van der Waals surface area contributed by atoms with Crippen LogP contribution in [0.25, 0.3) is 0 Å². The summed E-state index contributed by atoms with van der Waals surface area (Å²) in [5.41, 5.74) is -0.919. The van der Waals surface area contributed by atoms with Crippen molar-refractivity contribution in [3.05, 3.63) is 30.3 Å². The SMILES string of the molecule is CC1(C(=O)OCC(Cl)(Cl)Cl)CS[C@@H]2C(NC(=O)COc3ccccc3)C(=O)N2C1. The molecule has 0 spiro atoms. The molecule has 0 saturated carbocycles. The quantitative estimate of drug-likeness (QED) is 0.381. The molecule has 3 atom stereocenters. The summed E-state index contributed by atoms with van der Waals surface area (Å²) in [5.74, 6) is -0.197. The van der Waals surface area contributed by atoms with Crippen LogP contribution in [0.4, 0.5) is 0 Å². The van der Waals surface area contributed by atoms with Gasteiger partial charge in [-0.1, -0.05) is 53.0 Å². The van der Waals surface area contributed by atoms with Crippen molar-refractivity contribution in [3.63, 3.8) is 0 Å². The van der Waals surface area contributed by atoms with Gasteiger partial charge in [0, 0.05) is 12.3 Å². The van der Waals surface area contributed by atoms with E-state index in [2.05, 4.69) is 5.32 Å². The van der Waals surface area contributed by atoms with Gasteiger partial charge in [0.15, 0.2) is 6.61 Å². The molecular weight excluding hydrogens is 463 g/mol. The number of hydrogen-bond donors (Lipinski definition) is 1. The molecule has 2 aliphatic heterocycles. The molecule has 3 rings (SSSR count). The van der Waals surface area contributed by atoms with Crippen molar-refractivity contribution in [2.45, 2.75) is 22.1 Å². The van der Waals surface area contributed by atoms with E-state index in [1.165, 1.54) is 11.8 Å². The van der Waals surface area contributed by atoms with E-state index in [0.29, 0.717) is 11.5 Å². The van der Waals surface area contributed by atoms with Gasteiger partial charge < -0.3 is 19.7 Å². The van der Waals surface area contributed by atoms with Gasteiger partial charge in [-0.3, -0.25) is 14.4 Å². The monoisotopic (exact) mass is 480 g/mol. The van der Waals surface area contributed by atoms with E-state index < -0.39 is 21.2 Å². The van der Waals surface area contributed by atoms with Crippen LogP contribution in [0.3, 0.4) is 0 Å². The van der Waals surface area contributed by atoms with Crippen molar-refractivity contribution in [1.82, 2.24) is 10.2 Å². The molecule has 2 unspecified atom stereocenters. The molecule has 2 fully saturated rings. The Bertz CT molecular complexity index is 791. The van der Waals surface area contributed by atoms with Crippen LogP contribution in [0, 0.1) is 5.41 Å². The Morgan fingerprint density at radius 1 is 1.31 bits per heavy atom. The molecule has 2 aliphatic rings. The summed E-state index contributed by atoms with van der Waals surface area (Å²) >= 11 is 18.2. The van der Waals surface area contributed by atoms with Crippen LogP contribution >= 0.6 is 46.6 Å². The van der Waals surface area contributed by atoms with Gasteiger partial charge in [0.25, 0.3) is 5.91 Å². The number of carbonyl (C=O) groups excluding carboxylic acids is 3. The molecule has 2 heterocycles. The Labute approximate surface area is 187 Å². The van der Waals surface area contributed by atoms with Gasteiger partial charge >= 0.3 is 5.97 Å². The lowest BCUT2D eigenvalue weighted by Gasteiger charge is -2.53. The fourth-order valence-electron chi connectivity index (χ4n) is 3.03. The zero-order valence-electron chi connectivity index (χ0n) is 15.4. The second-order valence-electron chi connectivity index (χ2n) is 7.07. The first-order chi connectivity index (χ1) is 13.6. The van der Waals surface area contributed by atoms with Gasteiger partial charge in [-0.2, -0.15) is 0 Å². The molecule has 1 N–H and O–H groups in total. The number of alkyl halides is 3.